The fraction of sp³-hybridized carbons (Fsp3) is 0.636. The van der Waals surface area contributed by atoms with Crippen LogP contribution in [0.1, 0.15) is 75.5 Å². The number of fused-ring (bicyclic) bond motifs is 1. The lowest BCUT2D eigenvalue weighted by Crippen LogP contribution is -2.29. The molecule has 1 atom stereocenters. The van der Waals surface area contributed by atoms with E-state index in [0.29, 0.717) is 29.6 Å². The van der Waals surface area contributed by atoms with Crippen LogP contribution in [-0.2, 0) is 0 Å². The molecule has 2 heterocycles. The summed E-state index contributed by atoms with van der Waals surface area (Å²) in [4.78, 5) is 17.6. The van der Waals surface area contributed by atoms with Crippen molar-refractivity contribution in [3.05, 3.63) is 29.7 Å². The summed E-state index contributed by atoms with van der Waals surface area (Å²) in [5.74, 6) is 1.35. The minimum Gasteiger partial charge on any atom is -0.489 e. The molecule has 1 aliphatic carbocycles. The van der Waals surface area contributed by atoms with E-state index in [1.165, 1.54) is 32.1 Å². The molecule has 1 unspecified atom stereocenters. The molecule has 148 valence electrons. The predicted molar refractivity (Wildman–Crippen MR) is 106 cm³/mol. The maximum atomic E-state index is 13.0. The van der Waals surface area contributed by atoms with Crippen LogP contribution in [-0.4, -0.2) is 33.0 Å². The van der Waals surface area contributed by atoms with Crippen LogP contribution >= 0.6 is 0 Å². The van der Waals surface area contributed by atoms with Crippen molar-refractivity contribution in [2.45, 2.75) is 72.3 Å². The Balaban J connectivity index is 1.83. The minimum atomic E-state index is -0.560. The summed E-state index contributed by atoms with van der Waals surface area (Å²) in [7, 11) is 0. The van der Waals surface area contributed by atoms with Gasteiger partial charge in [0.25, 0.3) is 0 Å². The van der Waals surface area contributed by atoms with Gasteiger partial charge in [-0.3, -0.25) is 9.20 Å². The number of imidazole rings is 1. The Labute approximate surface area is 161 Å². The van der Waals surface area contributed by atoms with Crippen molar-refractivity contribution in [1.29, 1.82) is 0 Å². The molecular weight excluding hydrogens is 340 g/mol. The molecule has 0 aliphatic heterocycles. The number of aliphatic hydroxyl groups is 1. The van der Waals surface area contributed by atoms with E-state index in [9.17, 15) is 9.90 Å². The van der Waals surface area contributed by atoms with Crippen molar-refractivity contribution < 1.29 is 14.6 Å². The van der Waals surface area contributed by atoms with Crippen molar-refractivity contribution in [3.8, 4) is 5.75 Å². The molecule has 0 radical (unpaired) electrons. The standard InChI is InChI=1S/C22H32N2O3/c1-15-20(18(26)13-22(3,4)16(2)25)24-12-8-11-19(21(24)23-15)27-14-17-9-6-5-7-10-17/h8,11-12,16-17,25H,5-7,9-10,13-14H2,1-4H3. The van der Waals surface area contributed by atoms with Crippen LogP contribution in [0.15, 0.2) is 18.3 Å². The van der Waals surface area contributed by atoms with Gasteiger partial charge in [0.1, 0.15) is 5.69 Å². The van der Waals surface area contributed by atoms with Crippen LogP contribution in [0.3, 0.4) is 0 Å². The highest BCUT2D eigenvalue weighted by Gasteiger charge is 2.30. The molecule has 0 saturated heterocycles. The van der Waals surface area contributed by atoms with E-state index in [-0.39, 0.29) is 12.2 Å². The van der Waals surface area contributed by atoms with E-state index in [2.05, 4.69) is 4.98 Å². The molecule has 0 spiro atoms. The average molecular weight is 373 g/mol. The number of nitrogens with zero attached hydrogens (tertiary/aromatic N) is 2. The number of ether oxygens (including phenoxy) is 1. The maximum Gasteiger partial charge on any atom is 0.182 e. The number of carbonyl (C=O) groups excluding carboxylic acids is 1. The number of ketones is 1. The molecule has 0 amide bonds. The summed E-state index contributed by atoms with van der Waals surface area (Å²) in [5.41, 5.74) is 1.50. The van der Waals surface area contributed by atoms with Crippen molar-refractivity contribution in [2.75, 3.05) is 6.61 Å². The van der Waals surface area contributed by atoms with Gasteiger partial charge in [-0.2, -0.15) is 0 Å². The Bertz CT molecular complexity index is 801. The minimum absolute atomic E-state index is 0.00432. The molecule has 1 fully saturated rings. The Hall–Kier alpha value is -1.88. The largest absolute Gasteiger partial charge is 0.489 e. The zero-order chi connectivity index (χ0) is 19.6. The van der Waals surface area contributed by atoms with Crippen molar-refractivity contribution >= 4 is 11.4 Å². The third-order valence-electron chi connectivity index (χ3n) is 6.00. The number of carbonyl (C=O) groups is 1. The number of Topliss-reactive ketones (excluding diaryl/α,β-unsaturated/α-hetero) is 1. The second-order valence-electron chi connectivity index (χ2n) is 8.69. The second kappa shape index (κ2) is 8.01. The zero-order valence-corrected chi connectivity index (χ0v) is 17.0. The first-order valence-electron chi connectivity index (χ1n) is 10.1. The van der Waals surface area contributed by atoms with Crippen LogP contribution in [0.2, 0.25) is 0 Å². The van der Waals surface area contributed by atoms with E-state index in [1.54, 1.807) is 6.92 Å². The number of aliphatic hydroxyl groups excluding tert-OH is 1. The lowest BCUT2D eigenvalue weighted by Gasteiger charge is -2.27. The van der Waals surface area contributed by atoms with Gasteiger partial charge in [0.15, 0.2) is 17.2 Å². The lowest BCUT2D eigenvalue weighted by molar-refractivity contribution is 0.0523. The summed E-state index contributed by atoms with van der Waals surface area (Å²) in [6.45, 7) is 8.12. The van der Waals surface area contributed by atoms with E-state index in [1.807, 2.05) is 43.5 Å². The van der Waals surface area contributed by atoms with Crippen molar-refractivity contribution in [3.63, 3.8) is 0 Å². The number of hydrogen-bond donors (Lipinski definition) is 1. The molecule has 0 aromatic carbocycles. The molecule has 3 rings (SSSR count). The van der Waals surface area contributed by atoms with Crippen molar-refractivity contribution in [1.82, 2.24) is 9.38 Å². The fourth-order valence-corrected chi connectivity index (χ4v) is 3.81. The first-order chi connectivity index (χ1) is 12.8. The number of pyridine rings is 1. The third kappa shape index (κ3) is 4.34. The molecule has 1 aliphatic rings. The van der Waals surface area contributed by atoms with Crippen LogP contribution in [0.25, 0.3) is 5.65 Å². The second-order valence-corrected chi connectivity index (χ2v) is 8.69. The predicted octanol–water partition coefficient (Wildman–Crippen LogP) is 4.58. The fourth-order valence-electron chi connectivity index (χ4n) is 3.81. The van der Waals surface area contributed by atoms with Gasteiger partial charge < -0.3 is 9.84 Å². The number of rotatable bonds is 7. The first kappa shape index (κ1) is 19.9. The molecule has 5 nitrogen and oxygen atoms in total. The van der Waals surface area contributed by atoms with Crippen LogP contribution in [0.4, 0.5) is 0 Å². The quantitative estimate of drug-likeness (QED) is 0.723. The van der Waals surface area contributed by atoms with E-state index in [4.69, 9.17) is 4.74 Å². The van der Waals surface area contributed by atoms with Crippen LogP contribution < -0.4 is 4.74 Å². The topological polar surface area (TPSA) is 63.8 Å². The van der Waals surface area contributed by atoms with E-state index < -0.39 is 11.5 Å². The highest BCUT2D eigenvalue weighted by atomic mass is 16.5. The molecule has 2 aromatic heterocycles. The SMILES string of the molecule is Cc1nc2c(OCC3CCCCC3)cccn2c1C(=O)CC(C)(C)C(C)O. The van der Waals surface area contributed by atoms with Gasteiger partial charge in [-0.25, -0.2) is 4.98 Å². The number of aromatic nitrogens is 2. The molecular formula is C22H32N2O3. The van der Waals surface area contributed by atoms with Gasteiger partial charge in [-0.1, -0.05) is 33.1 Å². The summed E-state index contributed by atoms with van der Waals surface area (Å²) >= 11 is 0. The Morgan fingerprint density at radius 1 is 1.37 bits per heavy atom. The summed E-state index contributed by atoms with van der Waals surface area (Å²) in [6, 6.07) is 3.83. The molecule has 2 aromatic rings. The summed E-state index contributed by atoms with van der Waals surface area (Å²) in [6.07, 6.45) is 7.95. The van der Waals surface area contributed by atoms with Gasteiger partial charge in [-0.05, 0) is 50.2 Å². The lowest BCUT2D eigenvalue weighted by atomic mass is 9.81. The van der Waals surface area contributed by atoms with Gasteiger partial charge in [0.2, 0.25) is 0 Å². The molecule has 1 N–H and O–H groups in total. The number of hydrogen-bond acceptors (Lipinski definition) is 4. The van der Waals surface area contributed by atoms with Gasteiger partial charge >= 0.3 is 0 Å². The Morgan fingerprint density at radius 3 is 2.74 bits per heavy atom. The Kier molecular flexibility index (Phi) is 5.89. The third-order valence-corrected chi connectivity index (χ3v) is 6.00. The van der Waals surface area contributed by atoms with Gasteiger partial charge in [0, 0.05) is 12.6 Å². The monoisotopic (exact) mass is 372 g/mol. The zero-order valence-electron chi connectivity index (χ0n) is 17.0. The molecule has 0 bridgehead atoms. The Morgan fingerprint density at radius 2 is 2.07 bits per heavy atom. The number of aryl methyl sites for hydroxylation is 1. The highest BCUT2D eigenvalue weighted by molar-refractivity contribution is 5.97. The van der Waals surface area contributed by atoms with E-state index >= 15 is 0 Å². The highest BCUT2D eigenvalue weighted by Crippen LogP contribution is 2.30. The first-order valence-corrected chi connectivity index (χ1v) is 10.1. The van der Waals surface area contributed by atoms with E-state index in [0.717, 1.165) is 5.75 Å². The van der Waals surface area contributed by atoms with Gasteiger partial charge in [0.05, 0.1) is 18.4 Å². The maximum absolute atomic E-state index is 13.0. The molecule has 1 saturated carbocycles. The smallest absolute Gasteiger partial charge is 0.182 e. The summed E-state index contributed by atoms with van der Waals surface area (Å²) < 4.78 is 7.95. The normalized spacial score (nSPS) is 17.2. The van der Waals surface area contributed by atoms with Crippen LogP contribution in [0, 0.1) is 18.3 Å². The van der Waals surface area contributed by atoms with Gasteiger partial charge in [-0.15, -0.1) is 0 Å². The summed E-state index contributed by atoms with van der Waals surface area (Å²) in [5, 5.41) is 9.95. The van der Waals surface area contributed by atoms with Crippen LogP contribution in [0.5, 0.6) is 5.75 Å². The average Bonchev–Trinajstić information content (AvgIpc) is 2.96. The van der Waals surface area contributed by atoms with Crippen molar-refractivity contribution in [2.24, 2.45) is 11.3 Å². The molecule has 27 heavy (non-hydrogen) atoms. The molecule has 5 heteroatoms.